The van der Waals surface area contributed by atoms with Crippen molar-refractivity contribution in [3.05, 3.63) is 77.7 Å². The number of amides is 3. The monoisotopic (exact) mass is 518 g/mol. The number of para-hydroxylation sites is 1. The van der Waals surface area contributed by atoms with E-state index in [0.717, 1.165) is 22.0 Å². The Hall–Kier alpha value is -4.74. The fourth-order valence-corrected chi connectivity index (χ4v) is 4.33. The van der Waals surface area contributed by atoms with E-state index in [1.165, 1.54) is 0 Å². The van der Waals surface area contributed by atoms with Gasteiger partial charge in [0.1, 0.15) is 5.54 Å². The van der Waals surface area contributed by atoms with Gasteiger partial charge in [0.25, 0.3) is 0 Å². The minimum absolute atomic E-state index is 0.129. The molecule has 4 rings (SSSR count). The molecule has 12 nitrogen and oxygen atoms in total. The molecule has 2 aromatic heterocycles. The lowest BCUT2D eigenvalue weighted by Crippen LogP contribution is -2.60. The van der Waals surface area contributed by atoms with Crippen LogP contribution in [0.25, 0.3) is 10.9 Å². The van der Waals surface area contributed by atoms with Crippen molar-refractivity contribution in [3.8, 4) is 0 Å². The van der Waals surface area contributed by atoms with Crippen molar-refractivity contribution in [2.45, 2.75) is 44.2 Å². The molecule has 3 amide bonds. The van der Waals surface area contributed by atoms with Crippen LogP contribution in [-0.4, -0.2) is 66.7 Å². The Morgan fingerprint density at radius 3 is 2.58 bits per heavy atom. The van der Waals surface area contributed by atoms with Crippen LogP contribution in [0.4, 0.5) is 4.79 Å². The lowest BCUT2D eigenvalue weighted by atomic mass is 9.91. The molecule has 38 heavy (non-hydrogen) atoms. The molecule has 0 spiro atoms. The molecule has 2 heterocycles. The standard InChI is InChI=1S/C26H30N8O4/c1-26(30-25(37)38,14-18-15-27-21-10-6-5-9-20(18)21)24(36)29-19(13-17-7-3-2-4-8-17)16-28-23(35)12-11-22-31-33-34-32-22/h2-10,15,19,27,30H,11-14,16H2,1H3,(H,28,35)(H,29,36)(H,37,38)(H,31,32,33,34). The highest BCUT2D eigenvalue weighted by Crippen LogP contribution is 2.23. The van der Waals surface area contributed by atoms with Gasteiger partial charge < -0.3 is 26.0 Å². The summed E-state index contributed by atoms with van der Waals surface area (Å²) in [6.07, 6.45) is 1.52. The maximum absolute atomic E-state index is 13.6. The zero-order valence-corrected chi connectivity index (χ0v) is 20.9. The first-order valence-electron chi connectivity index (χ1n) is 12.2. The van der Waals surface area contributed by atoms with Crippen LogP contribution < -0.4 is 16.0 Å². The molecule has 198 valence electrons. The van der Waals surface area contributed by atoms with Gasteiger partial charge in [0.15, 0.2) is 5.82 Å². The SMILES string of the molecule is CC(Cc1c[nH]c2ccccc12)(NC(=O)O)C(=O)NC(CNC(=O)CCc1nn[nH]n1)Cc1ccccc1. The fourth-order valence-electron chi connectivity index (χ4n) is 4.33. The number of benzene rings is 2. The molecule has 4 aromatic rings. The Bertz CT molecular complexity index is 1370. The van der Waals surface area contributed by atoms with Crippen molar-refractivity contribution in [1.29, 1.82) is 0 Å². The molecule has 2 unspecified atom stereocenters. The van der Waals surface area contributed by atoms with Gasteiger partial charge in [0.05, 0.1) is 6.04 Å². The van der Waals surface area contributed by atoms with E-state index in [1.807, 2.05) is 54.6 Å². The topological polar surface area (TPSA) is 178 Å². The number of rotatable bonds is 12. The molecule has 6 N–H and O–H groups in total. The summed E-state index contributed by atoms with van der Waals surface area (Å²) in [5.74, 6) is -0.290. The first kappa shape index (κ1) is 26.3. The zero-order valence-electron chi connectivity index (χ0n) is 20.9. The summed E-state index contributed by atoms with van der Waals surface area (Å²) < 4.78 is 0. The quantitative estimate of drug-likeness (QED) is 0.165. The van der Waals surface area contributed by atoms with Crippen LogP contribution in [-0.2, 0) is 28.9 Å². The Morgan fingerprint density at radius 2 is 1.84 bits per heavy atom. The fraction of sp³-hybridized carbons (Fsp3) is 0.308. The summed E-state index contributed by atoms with van der Waals surface area (Å²) in [5, 5.41) is 32.2. The lowest BCUT2D eigenvalue weighted by Gasteiger charge is -2.31. The number of fused-ring (bicyclic) bond motifs is 1. The van der Waals surface area contributed by atoms with Crippen molar-refractivity contribution < 1.29 is 19.5 Å². The van der Waals surface area contributed by atoms with Crippen molar-refractivity contribution in [2.75, 3.05) is 6.54 Å². The van der Waals surface area contributed by atoms with Crippen LogP contribution >= 0.6 is 0 Å². The number of nitrogens with one attached hydrogen (secondary N) is 5. The van der Waals surface area contributed by atoms with E-state index in [1.54, 1.807) is 13.1 Å². The van der Waals surface area contributed by atoms with Gasteiger partial charge in [-0.15, -0.1) is 10.2 Å². The van der Waals surface area contributed by atoms with Crippen LogP contribution in [0.5, 0.6) is 0 Å². The minimum atomic E-state index is -1.46. The molecule has 0 bridgehead atoms. The molecular formula is C26H30N8O4. The summed E-state index contributed by atoms with van der Waals surface area (Å²) in [7, 11) is 0. The summed E-state index contributed by atoms with van der Waals surface area (Å²) in [5.41, 5.74) is 1.20. The number of H-pyrrole nitrogens is 2. The molecule has 0 saturated carbocycles. The van der Waals surface area contributed by atoms with Gasteiger partial charge in [0, 0.05) is 42.9 Å². The first-order valence-corrected chi connectivity index (χ1v) is 12.2. The molecule has 0 fully saturated rings. The molecule has 0 radical (unpaired) electrons. The largest absolute Gasteiger partial charge is 0.465 e. The van der Waals surface area contributed by atoms with Gasteiger partial charge in [-0.25, -0.2) is 4.79 Å². The second-order valence-electron chi connectivity index (χ2n) is 9.29. The van der Waals surface area contributed by atoms with E-state index in [2.05, 4.69) is 41.6 Å². The summed E-state index contributed by atoms with van der Waals surface area (Å²) in [6.45, 7) is 1.71. The lowest BCUT2D eigenvalue weighted by molar-refractivity contribution is -0.128. The molecule has 2 atom stereocenters. The molecular weight excluding hydrogens is 488 g/mol. The van der Waals surface area contributed by atoms with Gasteiger partial charge in [-0.1, -0.05) is 53.7 Å². The van der Waals surface area contributed by atoms with E-state index < -0.39 is 23.6 Å². The number of carbonyl (C=O) groups excluding carboxylic acids is 2. The molecule has 0 aliphatic carbocycles. The van der Waals surface area contributed by atoms with Gasteiger partial charge in [-0.05, 0) is 30.5 Å². The predicted octanol–water partition coefficient (Wildman–Crippen LogP) is 1.73. The predicted molar refractivity (Wildman–Crippen MR) is 139 cm³/mol. The van der Waals surface area contributed by atoms with Gasteiger partial charge in [-0.2, -0.15) is 5.21 Å². The van der Waals surface area contributed by atoms with E-state index in [-0.39, 0.29) is 25.3 Å². The number of aromatic amines is 2. The third-order valence-corrected chi connectivity index (χ3v) is 6.27. The number of aryl methyl sites for hydroxylation is 1. The molecule has 2 aromatic carbocycles. The highest BCUT2D eigenvalue weighted by Gasteiger charge is 2.37. The number of aromatic nitrogens is 5. The van der Waals surface area contributed by atoms with E-state index >= 15 is 0 Å². The van der Waals surface area contributed by atoms with Crippen molar-refractivity contribution in [3.63, 3.8) is 0 Å². The maximum atomic E-state index is 13.6. The average Bonchev–Trinajstić information content (AvgIpc) is 3.56. The van der Waals surface area contributed by atoms with E-state index in [0.29, 0.717) is 18.7 Å². The summed E-state index contributed by atoms with van der Waals surface area (Å²) in [6, 6.07) is 16.7. The highest BCUT2D eigenvalue weighted by molar-refractivity contribution is 5.91. The molecule has 0 saturated heterocycles. The van der Waals surface area contributed by atoms with Crippen molar-refractivity contribution in [1.82, 2.24) is 41.6 Å². The second kappa shape index (κ2) is 12.0. The highest BCUT2D eigenvalue weighted by atomic mass is 16.4. The van der Waals surface area contributed by atoms with Gasteiger partial charge >= 0.3 is 6.09 Å². The van der Waals surface area contributed by atoms with Crippen LogP contribution in [0.15, 0.2) is 60.8 Å². The number of hydrogen-bond donors (Lipinski definition) is 6. The first-order chi connectivity index (χ1) is 18.3. The van der Waals surface area contributed by atoms with Gasteiger partial charge in [-0.3, -0.25) is 9.59 Å². The normalized spacial score (nSPS) is 13.4. The average molecular weight is 519 g/mol. The summed E-state index contributed by atoms with van der Waals surface area (Å²) >= 11 is 0. The number of nitrogens with zero attached hydrogens (tertiary/aromatic N) is 3. The molecule has 0 aliphatic rings. The Morgan fingerprint density at radius 1 is 1.08 bits per heavy atom. The van der Waals surface area contributed by atoms with Crippen LogP contribution in [0.2, 0.25) is 0 Å². The second-order valence-corrected chi connectivity index (χ2v) is 9.29. The Labute approximate surface area is 218 Å². The minimum Gasteiger partial charge on any atom is -0.465 e. The van der Waals surface area contributed by atoms with Crippen molar-refractivity contribution >= 4 is 28.8 Å². The molecule has 0 aliphatic heterocycles. The van der Waals surface area contributed by atoms with E-state index in [9.17, 15) is 19.5 Å². The maximum Gasteiger partial charge on any atom is 0.405 e. The van der Waals surface area contributed by atoms with Crippen LogP contribution in [0.3, 0.4) is 0 Å². The summed E-state index contributed by atoms with van der Waals surface area (Å²) in [4.78, 5) is 40.9. The smallest absolute Gasteiger partial charge is 0.405 e. The number of hydrogen-bond acceptors (Lipinski definition) is 6. The Kier molecular flexibility index (Phi) is 8.31. The molecule has 12 heteroatoms. The zero-order chi connectivity index (χ0) is 27.0. The number of carboxylic acid groups (broad SMARTS) is 1. The Balaban J connectivity index is 1.48. The van der Waals surface area contributed by atoms with Crippen LogP contribution in [0.1, 0.15) is 30.3 Å². The number of carbonyl (C=O) groups is 3. The third kappa shape index (κ3) is 6.93. The number of tetrazole rings is 1. The van der Waals surface area contributed by atoms with Crippen molar-refractivity contribution in [2.24, 2.45) is 0 Å². The van der Waals surface area contributed by atoms with Gasteiger partial charge in [0.2, 0.25) is 11.8 Å². The van der Waals surface area contributed by atoms with E-state index in [4.69, 9.17) is 0 Å². The van der Waals surface area contributed by atoms with Crippen LogP contribution in [0, 0.1) is 0 Å². The third-order valence-electron chi connectivity index (χ3n) is 6.27.